The third kappa shape index (κ3) is 3.25. The smallest absolute Gasteiger partial charge is 0.0241 e. The Kier molecular flexibility index (Phi) is 5.49. The molecular formula is C12H26N2. The second-order valence-electron chi connectivity index (χ2n) is 4.74. The second-order valence-corrected chi connectivity index (χ2v) is 4.74. The van der Waals surface area contributed by atoms with Crippen molar-refractivity contribution < 1.29 is 0 Å². The fraction of sp³-hybridized carbons (Fsp3) is 1.00. The van der Waals surface area contributed by atoms with Gasteiger partial charge in [0.1, 0.15) is 0 Å². The van der Waals surface area contributed by atoms with E-state index in [9.17, 15) is 0 Å². The van der Waals surface area contributed by atoms with Gasteiger partial charge in [0.2, 0.25) is 0 Å². The molecule has 1 unspecified atom stereocenters. The summed E-state index contributed by atoms with van der Waals surface area (Å²) in [5.74, 6) is 7.37. The highest BCUT2D eigenvalue weighted by Crippen LogP contribution is 2.31. The highest BCUT2D eigenvalue weighted by Gasteiger charge is 2.25. The summed E-state index contributed by atoms with van der Waals surface area (Å²) in [5, 5.41) is 0. The minimum atomic E-state index is 0.572. The summed E-state index contributed by atoms with van der Waals surface area (Å²) < 4.78 is 0. The predicted molar refractivity (Wildman–Crippen MR) is 61.8 cm³/mol. The Morgan fingerprint density at radius 1 is 1.21 bits per heavy atom. The van der Waals surface area contributed by atoms with Gasteiger partial charge in [0, 0.05) is 6.04 Å². The number of hydrogen-bond donors (Lipinski definition) is 2. The second kappa shape index (κ2) is 6.41. The van der Waals surface area contributed by atoms with Crippen molar-refractivity contribution >= 4 is 0 Å². The molecule has 0 aromatic heterocycles. The monoisotopic (exact) mass is 198 g/mol. The van der Waals surface area contributed by atoms with Crippen LogP contribution in [0.15, 0.2) is 0 Å². The molecule has 0 bridgehead atoms. The average Bonchev–Trinajstić information content (AvgIpc) is 2.73. The fourth-order valence-electron chi connectivity index (χ4n) is 2.74. The topological polar surface area (TPSA) is 38.0 Å². The summed E-state index contributed by atoms with van der Waals surface area (Å²) >= 11 is 0. The molecule has 14 heavy (non-hydrogen) atoms. The fourth-order valence-corrected chi connectivity index (χ4v) is 2.74. The zero-order valence-electron chi connectivity index (χ0n) is 9.76. The molecule has 1 saturated carbocycles. The van der Waals surface area contributed by atoms with Crippen molar-refractivity contribution in [3.05, 3.63) is 0 Å². The van der Waals surface area contributed by atoms with Crippen LogP contribution in [-0.2, 0) is 0 Å². The van der Waals surface area contributed by atoms with Crippen LogP contribution in [0.4, 0.5) is 0 Å². The van der Waals surface area contributed by atoms with E-state index in [1.54, 1.807) is 0 Å². The van der Waals surface area contributed by atoms with Crippen LogP contribution < -0.4 is 11.3 Å². The van der Waals surface area contributed by atoms with Gasteiger partial charge in [-0.3, -0.25) is 11.3 Å². The van der Waals surface area contributed by atoms with Gasteiger partial charge in [-0.1, -0.05) is 39.5 Å². The first-order valence-electron chi connectivity index (χ1n) is 6.27. The van der Waals surface area contributed by atoms with E-state index in [2.05, 4.69) is 19.3 Å². The summed E-state index contributed by atoms with van der Waals surface area (Å²) in [4.78, 5) is 0. The molecule has 2 nitrogen and oxygen atoms in total. The zero-order chi connectivity index (χ0) is 10.4. The first-order chi connectivity index (χ1) is 6.81. The third-order valence-electron chi connectivity index (χ3n) is 3.92. The number of nitrogens with one attached hydrogen (secondary N) is 1. The normalized spacial score (nSPS) is 20.6. The Labute approximate surface area is 88.6 Å². The van der Waals surface area contributed by atoms with Gasteiger partial charge in [0.25, 0.3) is 0 Å². The first kappa shape index (κ1) is 12.0. The van der Waals surface area contributed by atoms with Crippen LogP contribution in [0.1, 0.15) is 58.8 Å². The molecule has 1 fully saturated rings. The molecule has 2 heteroatoms. The summed E-state index contributed by atoms with van der Waals surface area (Å²) in [5.41, 5.74) is 3.04. The van der Waals surface area contributed by atoms with E-state index in [4.69, 9.17) is 5.84 Å². The molecule has 1 atom stereocenters. The molecule has 84 valence electrons. The van der Waals surface area contributed by atoms with Crippen LogP contribution in [0.3, 0.4) is 0 Å². The van der Waals surface area contributed by atoms with Gasteiger partial charge in [-0.05, 0) is 31.1 Å². The lowest BCUT2D eigenvalue weighted by Crippen LogP contribution is -2.41. The van der Waals surface area contributed by atoms with Crippen LogP contribution in [0.25, 0.3) is 0 Å². The molecule has 0 heterocycles. The Morgan fingerprint density at radius 2 is 1.79 bits per heavy atom. The summed E-state index contributed by atoms with van der Waals surface area (Å²) in [6.07, 6.45) is 9.44. The highest BCUT2D eigenvalue weighted by molar-refractivity contribution is 4.80. The minimum Gasteiger partial charge on any atom is -0.271 e. The maximum Gasteiger partial charge on any atom is 0.0241 e. The van der Waals surface area contributed by atoms with Crippen molar-refractivity contribution in [3.8, 4) is 0 Å². The number of nitrogens with two attached hydrogens (primary N) is 1. The first-order valence-corrected chi connectivity index (χ1v) is 6.27. The predicted octanol–water partition coefficient (Wildman–Crippen LogP) is 2.83. The van der Waals surface area contributed by atoms with E-state index in [1.807, 2.05) is 0 Å². The number of hydrogen-bond acceptors (Lipinski definition) is 2. The van der Waals surface area contributed by atoms with Gasteiger partial charge in [-0.15, -0.1) is 0 Å². The molecule has 3 N–H and O–H groups in total. The largest absolute Gasteiger partial charge is 0.271 e. The Hall–Kier alpha value is -0.0800. The Bertz CT molecular complexity index is 137. The molecular weight excluding hydrogens is 172 g/mol. The summed E-state index contributed by atoms with van der Waals surface area (Å²) in [6.45, 7) is 4.58. The lowest BCUT2D eigenvalue weighted by atomic mass is 9.87. The lowest BCUT2D eigenvalue weighted by molar-refractivity contribution is 0.287. The minimum absolute atomic E-state index is 0.572. The maximum absolute atomic E-state index is 5.66. The average molecular weight is 198 g/mol. The quantitative estimate of drug-likeness (QED) is 0.509. The van der Waals surface area contributed by atoms with Gasteiger partial charge in [0.15, 0.2) is 0 Å². The van der Waals surface area contributed by atoms with Gasteiger partial charge < -0.3 is 0 Å². The van der Waals surface area contributed by atoms with Crippen molar-refractivity contribution in [2.24, 2.45) is 17.7 Å². The van der Waals surface area contributed by atoms with Gasteiger partial charge in [-0.2, -0.15) is 0 Å². The molecule has 0 aliphatic heterocycles. The molecule has 0 aromatic carbocycles. The van der Waals surface area contributed by atoms with E-state index >= 15 is 0 Å². The highest BCUT2D eigenvalue weighted by atomic mass is 15.2. The molecule has 1 aliphatic rings. The van der Waals surface area contributed by atoms with E-state index in [1.165, 1.54) is 44.9 Å². The van der Waals surface area contributed by atoms with Crippen molar-refractivity contribution in [1.82, 2.24) is 5.43 Å². The van der Waals surface area contributed by atoms with Crippen LogP contribution in [0, 0.1) is 11.8 Å². The van der Waals surface area contributed by atoms with E-state index in [0.29, 0.717) is 6.04 Å². The molecule has 0 spiro atoms. The SMILES string of the molecule is CCC(CC)CC(NN)C1CCCC1. The third-order valence-corrected chi connectivity index (χ3v) is 3.92. The maximum atomic E-state index is 5.66. The van der Waals surface area contributed by atoms with Gasteiger partial charge in [-0.25, -0.2) is 0 Å². The van der Waals surface area contributed by atoms with Crippen LogP contribution >= 0.6 is 0 Å². The number of rotatable bonds is 6. The van der Waals surface area contributed by atoms with Crippen molar-refractivity contribution in [3.63, 3.8) is 0 Å². The van der Waals surface area contributed by atoms with Crippen LogP contribution in [-0.4, -0.2) is 6.04 Å². The van der Waals surface area contributed by atoms with Gasteiger partial charge >= 0.3 is 0 Å². The summed E-state index contributed by atoms with van der Waals surface area (Å²) in [7, 11) is 0. The van der Waals surface area contributed by atoms with E-state index in [0.717, 1.165) is 11.8 Å². The van der Waals surface area contributed by atoms with Crippen molar-refractivity contribution in [2.45, 2.75) is 64.8 Å². The summed E-state index contributed by atoms with van der Waals surface area (Å²) in [6, 6.07) is 0.572. The van der Waals surface area contributed by atoms with Crippen LogP contribution in [0.2, 0.25) is 0 Å². The van der Waals surface area contributed by atoms with Crippen LogP contribution in [0.5, 0.6) is 0 Å². The number of hydrazine groups is 1. The Balaban J connectivity index is 2.36. The van der Waals surface area contributed by atoms with Crippen molar-refractivity contribution in [1.29, 1.82) is 0 Å². The van der Waals surface area contributed by atoms with E-state index < -0.39 is 0 Å². The zero-order valence-corrected chi connectivity index (χ0v) is 9.76. The molecule has 0 radical (unpaired) electrons. The molecule has 1 aliphatic carbocycles. The molecule has 1 rings (SSSR count). The molecule has 0 aromatic rings. The van der Waals surface area contributed by atoms with Gasteiger partial charge in [0.05, 0.1) is 0 Å². The Morgan fingerprint density at radius 3 is 2.21 bits per heavy atom. The van der Waals surface area contributed by atoms with E-state index in [-0.39, 0.29) is 0 Å². The molecule has 0 amide bonds. The standard InChI is InChI=1S/C12H26N2/c1-3-10(4-2)9-12(14-13)11-7-5-6-8-11/h10-12,14H,3-9,13H2,1-2H3. The lowest BCUT2D eigenvalue weighted by Gasteiger charge is -2.26. The molecule has 0 saturated heterocycles. The van der Waals surface area contributed by atoms with Crippen molar-refractivity contribution in [2.75, 3.05) is 0 Å².